The average molecular weight is 279 g/mol. The molecule has 1 aliphatic heterocycles. The van der Waals surface area contributed by atoms with Gasteiger partial charge in [-0.1, -0.05) is 0 Å². The summed E-state index contributed by atoms with van der Waals surface area (Å²) in [7, 11) is 0. The van der Waals surface area contributed by atoms with Crippen molar-refractivity contribution < 1.29 is 14.7 Å². The first kappa shape index (κ1) is 13.8. The summed E-state index contributed by atoms with van der Waals surface area (Å²) < 4.78 is 0. The predicted octanol–water partition coefficient (Wildman–Crippen LogP) is 2.86. The summed E-state index contributed by atoms with van der Waals surface area (Å²) in [4.78, 5) is 25.6. The monoisotopic (exact) mass is 279 g/mol. The van der Waals surface area contributed by atoms with Gasteiger partial charge < -0.3 is 10.0 Å². The van der Waals surface area contributed by atoms with Gasteiger partial charge in [-0.15, -0.1) is 11.3 Å². The SMILES string of the molecule is CC1(C)CCCN1C(=O)c1sccc1/C=C/C(=O)O. The standard InChI is InChI=1S/C14H17NO3S/c1-14(2)7-3-8-15(14)13(18)12-10(6-9-19-12)4-5-11(16)17/h4-6,9H,3,7-8H2,1-2H3,(H,16,17)/b5-4+. The first-order valence-corrected chi connectivity index (χ1v) is 7.10. The van der Waals surface area contributed by atoms with Gasteiger partial charge in [0.2, 0.25) is 0 Å². The second-order valence-corrected chi connectivity index (χ2v) is 6.17. The first-order valence-electron chi connectivity index (χ1n) is 6.22. The number of carboxylic acids is 1. The van der Waals surface area contributed by atoms with Crippen LogP contribution in [0.15, 0.2) is 17.5 Å². The smallest absolute Gasteiger partial charge is 0.328 e. The molecule has 19 heavy (non-hydrogen) atoms. The van der Waals surface area contributed by atoms with Crippen molar-refractivity contribution in [2.45, 2.75) is 32.2 Å². The minimum Gasteiger partial charge on any atom is -0.478 e. The lowest BCUT2D eigenvalue weighted by Gasteiger charge is -2.31. The maximum Gasteiger partial charge on any atom is 0.328 e. The van der Waals surface area contributed by atoms with Crippen LogP contribution in [0.3, 0.4) is 0 Å². The summed E-state index contributed by atoms with van der Waals surface area (Å²) in [6.45, 7) is 4.91. The fourth-order valence-electron chi connectivity index (χ4n) is 2.39. The van der Waals surface area contributed by atoms with E-state index in [1.807, 2.05) is 10.3 Å². The van der Waals surface area contributed by atoms with E-state index in [1.165, 1.54) is 17.4 Å². The van der Waals surface area contributed by atoms with Crippen LogP contribution in [-0.2, 0) is 4.79 Å². The fraction of sp³-hybridized carbons (Fsp3) is 0.429. The summed E-state index contributed by atoms with van der Waals surface area (Å²) >= 11 is 1.36. The molecule has 0 atom stereocenters. The van der Waals surface area contributed by atoms with Crippen LogP contribution in [0.1, 0.15) is 41.9 Å². The maximum atomic E-state index is 12.5. The van der Waals surface area contributed by atoms with Gasteiger partial charge in [-0.3, -0.25) is 4.79 Å². The lowest BCUT2D eigenvalue weighted by molar-refractivity contribution is -0.131. The van der Waals surface area contributed by atoms with E-state index < -0.39 is 5.97 Å². The van der Waals surface area contributed by atoms with E-state index in [2.05, 4.69) is 13.8 Å². The maximum absolute atomic E-state index is 12.5. The van der Waals surface area contributed by atoms with Crippen LogP contribution in [-0.4, -0.2) is 34.0 Å². The molecule has 0 aromatic carbocycles. The third kappa shape index (κ3) is 2.87. The Labute approximate surface area is 116 Å². The molecule has 1 fully saturated rings. The van der Waals surface area contributed by atoms with Gasteiger partial charge >= 0.3 is 5.97 Å². The van der Waals surface area contributed by atoms with Gasteiger partial charge in [0.1, 0.15) is 0 Å². The molecule has 102 valence electrons. The third-order valence-corrected chi connectivity index (χ3v) is 4.36. The van der Waals surface area contributed by atoms with Gasteiger partial charge in [-0.25, -0.2) is 4.79 Å². The topological polar surface area (TPSA) is 57.6 Å². The van der Waals surface area contributed by atoms with Crippen LogP contribution in [0.25, 0.3) is 6.08 Å². The molecule has 2 rings (SSSR count). The minimum atomic E-state index is -1.01. The number of rotatable bonds is 3. The lowest BCUT2D eigenvalue weighted by Crippen LogP contribution is -2.42. The molecular formula is C14H17NO3S. The van der Waals surface area contributed by atoms with Crippen molar-refractivity contribution in [1.82, 2.24) is 4.90 Å². The van der Waals surface area contributed by atoms with Crippen molar-refractivity contribution in [1.29, 1.82) is 0 Å². The number of hydrogen-bond acceptors (Lipinski definition) is 3. The number of hydrogen-bond donors (Lipinski definition) is 1. The summed E-state index contributed by atoms with van der Waals surface area (Å²) in [6, 6.07) is 1.78. The summed E-state index contributed by atoms with van der Waals surface area (Å²) in [5.41, 5.74) is 0.564. The Morgan fingerprint density at radius 2 is 2.21 bits per heavy atom. The number of aliphatic carboxylic acids is 1. The van der Waals surface area contributed by atoms with Crippen LogP contribution < -0.4 is 0 Å². The van der Waals surface area contributed by atoms with E-state index >= 15 is 0 Å². The molecule has 1 aromatic heterocycles. The Morgan fingerprint density at radius 3 is 2.79 bits per heavy atom. The molecule has 5 heteroatoms. The molecule has 1 aromatic rings. The van der Waals surface area contributed by atoms with E-state index in [4.69, 9.17) is 5.11 Å². The van der Waals surface area contributed by atoms with Gasteiger partial charge in [-0.05, 0) is 49.8 Å². The molecule has 4 nitrogen and oxygen atoms in total. The number of carbonyl (C=O) groups is 2. The summed E-state index contributed by atoms with van der Waals surface area (Å²) in [5.74, 6) is -1.01. The number of carbonyl (C=O) groups excluding carboxylic acids is 1. The van der Waals surface area contributed by atoms with E-state index in [-0.39, 0.29) is 11.4 Å². The molecule has 2 heterocycles. The molecule has 1 saturated heterocycles. The molecule has 1 amide bonds. The lowest BCUT2D eigenvalue weighted by atomic mass is 10.0. The minimum absolute atomic E-state index is 0.00235. The highest BCUT2D eigenvalue weighted by Crippen LogP contribution is 2.32. The molecule has 1 aliphatic rings. The predicted molar refractivity (Wildman–Crippen MR) is 75.3 cm³/mol. The molecule has 0 bridgehead atoms. The highest BCUT2D eigenvalue weighted by Gasteiger charge is 2.36. The highest BCUT2D eigenvalue weighted by molar-refractivity contribution is 7.12. The summed E-state index contributed by atoms with van der Waals surface area (Å²) in [6.07, 6.45) is 4.57. The number of nitrogens with zero attached hydrogens (tertiary/aromatic N) is 1. The van der Waals surface area contributed by atoms with Gasteiger partial charge in [-0.2, -0.15) is 0 Å². The zero-order chi connectivity index (χ0) is 14.0. The largest absolute Gasteiger partial charge is 0.478 e. The second-order valence-electron chi connectivity index (χ2n) is 5.25. The average Bonchev–Trinajstić information content (AvgIpc) is 2.91. The van der Waals surface area contributed by atoms with E-state index in [0.717, 1.165) is 25.5 Å². The Hall–Kier alpha value is -1.62. The Balaban J connectivity index is 2.25. The molecule has 0 saturated carbocycles. The Kier molecular flexibility index (Phi) is 3.75. The number of likely N-dealkylation sites (tertiary alicyclic amines) is 1. The van der Waals surface area contributed by atoms with Crippen LogP contribution in [0.2, 0.25) is 0 Å². The molecule has 1 N–H and O–H groups in total. The first-order chi connectivity index (χ1) is 8.92. The van der Waals surface area contributed by atoms with E-state index in [1.54, 1.807) is 6.07 Å². The number of thiophene rings is 1. The number of amides is 1. The molecule has 0 radical (unpaired) electrons. The van der Waals surface area contributed by atoms with Gasteiger partial charge in [0.05, 0.1) is 4.88 Å². The second kappa shape index (κ2) is 5.17. The summed E-state index contributed by atoms with van der Waals surface area (Å²) in [5, 5.41) is 10.5. The number of carboxylic acid groups (broad SMARTS) is 1. The normalized spacial score (nSPS) is 18.1. The highest BCUT2D eigenvalue weighted by atomic mass is 32.1. The van der Waals surface area contributed by atoms with Crippen LogP contribution in [0.4, 0.5) is 0 Å². The Morgan fingerprint density at radius 1 is 1.47 bits per heavy atom. The molecule has 0 aliphatic carbocycles. The van der Waals surface area contributed by atoms with Crippen molar-refractivity contribution in [2.24, 2.45) is 0 Å². The van der Waals surface area contributed by atoms with Gasteiger partial charge in [0.25, 0.3) is 5.91 Å². The Bertz CT molecular complexity index is 531. The van der Waals surface area contributed by atoms with E-state index in [0.29, 0.717) is 10.4 Å². The van der Waals surface area contributed by atoms with Crippen molar-refractivity contribution in [3.63, 3.8) is 0 Å². The quantitative estimate of drug-likeness (QED) is 0.866. The molecule has 0 unspecified atom stereocenters. The van der Waals surface area contributed by atoms with Crippen LogP contribution in [0.5, 0.6) is 0 Å². The van der Waals surface area contributed by atoms with Gasteiger partial charge in [0, 0.05) is 18.2 Å². The van der Waals surface area contributed by atoms with Crippen LogP contribution >= 0.6 is 11.3 Å². The van der Waals surface area contributed by atoms with Crippen molar-refractivity contribution >= 4 is 29.3 Å². The fourth-order valence-corrected chi connectivity index (χ4v) is 3.23. The van der Waals surface area contributed by atoms with Crippen molar-refractivity contribution in [3.05, 3.63) is 28.0 Å². The molecule has 0 spiro atoms. The zero-order valence-electron chi connectivity index (χ0n) is 11.0. The third-order valence-electron chi connectivity index (χ3n) is 3.44. The van der Waals surface area contributed by atoms with Crippen molar-refractivity contribution in [2.75, 3.05) is 6.54 Å². The zero-order valence-corrected chi connectivity index (χ0v) is 11.9. The van der Waals surface area contributed by atoms with Crippen LogP contribution in [0, 0.1) is 0 Å². The van der Waals surface area contributed by atoms with Gasteiger partial charge in [0.15, 0.2) is 0 Å². The van der Waals surface area contributed by atoms with E-state index in [9.17, 15) is 9.59 Å². The molecular weight excluding hydrogens is 262 g/mol. The van der Waals surface area contributed by atoms with Crippen molar-refractivity contribution in [3.8, 4) is 0 Å².